The van der Waals surface area contributed by atoms with Crippen LogP contribution in [0, 0.1) is 17.3 Å². The Bertz CT molecular complexity index is 372. The molecule has 3 heteroatoms. The maximum atomic E-state index is 6.20. The molecule has 2 rings (SSSR count). The normalized spacial score (nSPS) is 28.2. The first kappa shape index (κ1) is 13.4. The second-order valence-corrected chi connectivity index (χ2v) is 7.47. The van der Waals surface area contributed by atoms with Crippen LogP contribution in [-0.4, -0.2) is 6.54 Å². The van der Waals surface area contributed by atoms with E-state index in [9.17, 15) is 0 Å². The van der Waals surface area contributed by atoms with Crippen LogP contribution in [0.25, 0.3) is 0 Å². The summed E-state index contributed by atoms with van der Waals surface area (Å²) in [4.78, 5) is 1.34. The number of hydrogen-bond donors (Lipinski definition) is 1. The SMILES string of the molecule is CC1(C)CCC(CN)C(Cc2sccc2Cl)C1. The summed E-state index contributed by atoms with van der Waals surface area (Å²) < 4.78 is 0. The fourth-order valence-electron chi connectivity index (χ4n) is 3.05. The molecule has 0 saturated heterocycles. The van der Waals surface area contributed by atoms with Crippen LogP contribution in [0.15, 0.2) is 11.4 Å². The maximum Gasteiger partial charge on any atom is 0.0545 e. The van der Waals surface area contributed by atoms with E-state index in [0.29, 0.717) is 17.3 Å². The van der Waals surface area contributed by atoms with Crippen LogP contribution in [-0.2, 0) is 6.42 Å². The van der Waals surface area contributed by atoms with Crippen molar-refractivity contribution < 1.29 is 0 Å². The molecule has 0 amide bonds. The van der Waals surface area contributed by atoms with Crippen molar-refractivity contribution in [2.75, 3.05) is 6.54 Å². The first-order chi connectivity index (χ1) is 8.02. The number of halogens is 1. The van der Waals surface area contributed by atoms with Crippen molar-refractivity contribution in [3.63, 3.8) is 0 Å². The van der Waals surface area contributed by atoms with E-state index in [0.717, 1.165) is 18.0 Å². The smallest absolute Gasteiger partial charge is 0.0545 e. The molecule has 0 spiro atoms. The largest absolute Gasteiger partial charge is 0.330 e. The van der Waals surface area contributed by atoms with Gasteiger partial charge >= 0.3 is 0 Å². The van der Waals surface area contributed by atoms with E-state index in [1.54, 1.807) is 11.3 Å². The summed E-state index contributed by atoms with van der Waals surface area (Å²) in [7, 11) is 0. The van der Waals surface area contributed by atoms with Gasteiger partial charge in [-0.25, -0.2) is 0 Å². The molecule has 96 valence electrons. The molecule has 0 radical (unpaired) electrons. The fraction of sp³-hybridized carbons (Fsp3) is 0.714. The molecule has 1 nitrogen and oxygen atoms in total. The van der Waals surface area contributed by atoms with Gasteiger partial charge in [-0.1, -0.05) is 25.4 Å². The maximum absolute atomic E-state index is 6.20. The quantitative estimate of drug-likeness (QED) is 0.869. The second kappa shape index (κ2) is 5.29. The van der Waals surface area contributed by atoms with Gasteiger partial charge in [0.15, 0.2) is 0 Å². The molecule has 1 saturated carbocycles. The summed E-state index contributed by atoms with van der Waals surface area (Å²) in [5, 5.41) is 3.03. The Kier molecular flexibility index (Phi) is 4.17. The average molecular weight is 272 g/mol. The van der Waals surface area contributed by atoms with Gasteiger partial charge in [-0.15, -0.1) is 11.3 Å². The molecule has 1 heterocycles. The summed E-state index contributed by atoms with van der Waals surface area (Å²) in [5.74, 6) is 1.39. The Balaban J connectivity index is 2.08. The van der Waals surface area contributed by atoms with Gasteiger partial charge < -0.3 is 5.73 Å². The number of hydrogen-bond acceptors (Lipinski definition) is 2. The average Bonchev–Trinajstić information content (AvgIpc) is 2.64. The summed E-state index contributed by atoms with van der Waals surface area (Å²) >= 11 is 7.98. The second-order valence-electron chi connectivity index (χ2n) is 6.06. The van der Waals surface area contributed by atoms with Crippen molar-refractivity contribution in [2.24, 2.45) is 23.0 Å². The summed E-state index contributed by atoms with van der Waals surface area (Å²) in [6.07, 6.45) is 4.98. The van der Waals surface area contributed by atoms with Crippen LogP contribution >= 0.6 is 22.9 Å². The van der Waals surface area contributed by atoms with Crippen LogP contribution in [0.1, 0.15) is 38.0 Å². The zero-order valence-corrected chi connectivity index (χ0v) is 12.3. The molecule has 1 aliphatic rings. The summed E-state index contributed by atoms with van der Waals surface area (Å²) in [5.41, 5.74) is 6.39. The van der Waals surface area contributed by atoms with Crippen molar-refractivity contribution in [3.8, 4) is 0 Å². The standard InChI is InChI=1S/C14H22ClNS/c1-14(2)5-3-10(9-16)11(8-14)7-13-12(15)4-6-17-13/h4,6,10-11H,3,5,7-9,16H2,1-2H3. The molecular formula is C14H22ClNS. The molecule has 0 aromatic carbocycles. The Morgan fingerprint density at radius 2 is 2.24 bits per heavy atom. The minimum Gasteiger partial charge on any atom is -0.330 e. The zero-order valence-electron chi connectivity index (χ0n) is 10.7. The monoisotopic (exact) mass is 271 g/mol. The topological polar surface area (TPSA) is 26.0 Å². The molecule has 2 unspecified atom stereocenters. The van der Waals surface area contributed by atoms with Gasteiger partial charge in [-0.2, -0.15) is 0 Å². The van der Waals surface area contributed by atoms with Gasteiger partial charge in [0.2, 0.25) is 0 Å². The minimum absolute atomic E-state index is 0.472. The predicted molar refractivity (Wildman–Crippen MR) is 76.7 cm³/mol. The van der Waals surface area contributed by atoms with Crippen molar-refractivity contribution in [2.45, 2.75) is 39.5 Å². The third kappa shape index (κ3) is 3.24. The van der Waals surface area contributed by atoms with Gasteiger partial charge in [0, 0.05) is 4.88 Å². The number of rotatable bonds is 3. The van der Waals surface area contributed by atoms with Gasteiger partial charge in [-0.3, -0.25) is 0 Å². The highest BCUT2D eigenvalue weighted by molar-refractivity contribution is 7.10. The lowest BCUT2D eigenvalue weighted by Gasteiger charge is -2.40. The molecular weight excluding hydrogens is 250 g/mol. The molecule has 2 atom stereocenters. The Labute approximate surface area is 113 Å². The predicted octanol–water partition coefficient (Wildman–Crippen LogP) is 4.35. The van der Waals surface area contributed by atoms with Crippen molar-refractivity contribution in [3.05, 3.63) is 21.3 Å². The van der Waals surface area contributed by atoms with E-state index in [2.05, 4.69) is 19.2 Å². The summed E-state index contributed by atoms with van der Waals surface area (Å²) in [6, 6.07) is 2.01. The Hall–Kier alpha value is -0.0500. The fourth-order valence-corrected chi connectivity index (χ4v) is 4.26. The number of nitrogens with two attached hydrogens (primary N) is 1. The van der Waals surface area contributed by atoms with Crippen LogP contribution in [0.2, 0.25) is 5.02 Å². The highest BCUT2D eigenvalue weighted by atomic mass is 35.5. The lowest BCUT2D eigenvalue weighted by Crippen LogP contribution is -2.35. The molecule has 2 N–H and O–H groups in total. The van der Waals surface area contributed by atoms with Gasteiger partial charge in [0.05, 0.1) is 5.02 Å². The van der Waals surface area contributed by atoms with E-state index in [4.69, 9.17) is 17.3 Å². The molecule has 1 fully saturated rings. The molecule has 1 aliphatic carbocycles. The van der Waals surface area contributed by atoms with Crippen LogP contribution < -0.4 is 5.73 Å². The summed E-state index contributed by atoms with van der Waals surface area (Å²) in [6.45, 7) is 5.58. The van der Waals surface area contributed by atoms with Gasteiger partial charge in [0.1, 0.15) is 0 Å². The van der Waals surface area contributed by atoms with Crippen molar-refractivity contribution >= 4 is 22.9 Å². The van der Waals surface area contributed by atoms with Crippen molar-refractivity contribution in [1.29, 1.82) is 0 Å². The van der Waals surface area contributed by atoms with E-state index in [1.807, 2.05) is 6.07 Å². The van der Waals surface area contributed by atoms with Crippen LogP contribution in [0.5, 0.6) is 0 Å². The highest BCUT2D eigenvalue weighted by Crippen LogP contribution is 2.43. The molecule has 0 aliphatic heterocycles. The third-order valence-corrected chi connectivity index (χ3v) is 5.52. The van der Waals surface area contributed by atoms with E-state index in [1.165, 1.54) is 24.1 Å². The first-order valence-corrected chi connectivity index (χ1v) is 7.69. The van der Waals surface area contributed by atoms with Gasteiger partial charge in [0.25, 0.3) is 0 Å². The van der Waals surface area contributed by atoms with E-state index < -0.39 is 0 Å². The molecule has 1 aromatic rings. The van der Waals surface area contributed by atoms with Gasteiger partial charge in [-0.05, 0) is 60.9 Å². The highest BCUT2D eigenvalue weighted by Gasteiger charge is 2.34. The molecule has 17 heavy (non-hydrogen) atoms. The third-order valence-electron chi connectivity index (χ3n) is 4.11. The molecule has 1 aromatic heterocycles. The first-order valence-electron chi connectivity index (χ1n) is 6.44. The minimum atomic E-state index is 0.472. The van der Waals surface area contributed by atoms with Crippen LogP contribution in [0.4, 0.5) is 0 Å². The van der Waals surface area contributed by atoms with E-state index >= 15 is 0 Å². The Morgan fingerprint density at radius 3 is 2.82 bits per heavy atom. The lowest BCUT2D eigenvalue weighted by molar-refractivity contribution is 0.122. The lowest BCUT2D eigenvalue weighted by atomic mass is 9.66. The van der Waals surface area contributed by atoms with Crippen molar-refractivity contribution in [1.82, 2.24) is 0 Å². The number of thiophene rings is 1. The zero-order chi connectivity index (χ0) is 12.5. The van der Waals surface area contributed by atoms with E-state index in [-0.39, 0.29) is 0 Å². The Morgan fingerprint density at radius 1 is 1.47 bits per heavy atom. The van der Waals surface area contributed by atoms with Crippen LogP contribution in [0.3, 0.4) is 0 Å². The molecule has 0 bridgehead atoms.